The molecule has 1 unspecified atom stereocenters. The fraction of sp³-hybridized carbons (Fsp3) is 0.550. The fourth-order valence-electron chi connectivity index (χ4n) is 2.15. The molecule has 1 rings (SSSR count). The smallest absolute Gasteiger partial charge is 0.408 e. The van der Waals surface area contributed by atoms with Crippen LogP contribution in [0.4, 0.5) is 4.79 Å². The Balaban J connectivity index is 2.94. The molecule has 1 amide bonds. The lowest BCUT2D eigenvalue weighted by Crippen LogP contribution is -2.47. The van der Waals surface area contributed by atoms with Gasteiger partial charge in [-0.15, -0.1) is 0 Å². The molecule has 0 heterocycles. The lowest BCUT2D eigenvalue weighted by molar-refractivity contribution is -0.157. The van der Waals surface area contributed by atoms with Gasteiger partial charge in [0.25, 0.3) is 0 Å². The highest BCUT2D eigenvalue weighted by atomic mass is 16.6. The van der Waals surface area contributed by atoms with Crippen LogP contribution in [0.15, 0.2) is 24.3 Å². The zero-order valence-corrected chi connectivity index (χ0v) is 17.0. The van der Waals surface area contributed by atoms with Crippen LogP contribution in [-0.2, 0) is 25.4 Å². The van der Waals surface area contributed by atoms with Gasteiger partial charge < -0.3 is 19.5 Å². The summed E-state index contributed by atoms with van der Waals surface area (Å²) in [5.74, 6) is -1.01. The SMILES string of the molecule is COC(=O)c1ccc(CC(NC(=O)OC(C)(C)C)C(=O)OC(C)(C)C)cc1. The Labute approximate surface area is 160 Å². The first-order chi connectivity index (χ1) is 12.3. The quantitative estimate of drug-likeness (QED) is 0.624. The minimum atomic E-state index is -0.928. The monoisotopic (exact) mass is 379 g/mol. The predicted molar refractivity (Wildman–Crippen MR) is 100 cm³/mol. The van der Waals surface area contributed by atoms with Crippen molar-refractivity contribution in [1.29, 1.82) is 0 Å². The zero-order chi connectivity index (χ0) is 20.8. The maximum Gasteiger partial charge on any atom is 0.408 e. The summed E-state index contributed by atoms with van der Waals surface area (Å²) in [5, 5.41) is 2.57. The third-order valence-corrected chi connectivity index (χ3v) is 3.20. The molecule has 7 nitrogen and oxygen atoms in total. The van der Waals surface area contributed by atoms with E-state index in [0.29, 0.717) is 5.56 Å². The fourth-order valence-corrected chi connectivity index (χ4v) is 2.15. The van der Waals surface area contributed by atoms with Gasteiger partial charge in [-0.25, -0.2) is 14.4 Å². The van der Waals surface area contributed by atoms with Crippen LogP contribution < -0.4 is 5.32 Å². The van der Waals surface area contributed by atoms with Crippen LogP contribution in [0.3, 0.4) is 0 Å². The lowest BCUT2D eigenvalue weighted by atomic mass is 10.0. The van der Waals surface area contributed by atoms with Crippen molar-refractivity contribution in [2.45, 2.75) is 65.2 Å². The number of esters is 2. The van der Waals surface area contributed by atoms with Crippen LogP contribution in [0.5, 0.6) is 0 Å². The number of carbonyl (C=O) groups is 3. The van der Waals surface area contributed by atoms with Gasteiger partial charge in [-0.05, 0) is 59.2 Å². The molecule has 7 heteroatoms. The van der Waals surface area contributed by atoms with E-state index in [0.717, 1.165) is 5.56 Å². The van der Waals surface area contributed by atoms with Gasteiger partial charge in [0.2, 0.25) is 0 Å². The van der Waals surface area contributed by atoms with Crippen molar-refractivity contribution >= 4 is 18.0 Å². The van der Waals surface area contributed by atoms with Crippen LogP contribution in [0.2, 0.25) is 0 Å². The van der Waals surface area contributed by atoms with Gasteiger partial charge in [-0.1, -0.05) is 12.1 Å². The van der Waals surface area contributed by atoms with Gasteiger partial charge in [0.1, 0.15) is 17.2 Å². The Bertz CT molecular complexity index is 667. The van der Waals surface area contributed by atoms with E-state index in [2.05, 4.69) is 10.1 Å². The van der Waals surface area contributed by atoms with Gasteiger partial charge in [0, 0.05) is 6.42 Å². The Morgan fingerprint density at radius 3 is 1.89 bits per heavy atom. The second kappa shape index (κ2) is 8.88. The minimum Gasteiger partial charge on any atom is -0.465 e. The molecular formula is C20H29NO6. The molecule has 0 bridgehead atoms. The highest BCUT2D eigenvalue weighted by molar-refractivity contribution is 5.89. The molecule has 0 aliphatic carbocycles. The normalized spacial score (nSPS) is 12.7. The molecule has 0 aromatic heterocycles. The molecular weight excluding hydrogens is 350 g/mol. The number of rotatable bonds is 5. The maximum atomic E-state index is 12.5. The van der Waals surface area contributed by atoms with Gasteiger partial charge in [-0.3, -0.25) is 0 Å². The van der Waals surface area contributed by atoms with Crippen molar-refractivity contribution in [3.8, 4) is 0 Å². The van der Waals surface area contributed by atoms with Crippen molar-refractivity contribution in [2.75, 3.05) is 7.11 Å². The van der Waals surface area contributed by atoms with Gasteiger partial charge in [0.05, 0.1) is 12.7 Å². The molecule has 0 saturated carbocycles. The van der Waals surface area contributed by atoms with E-state index >= 15 is 0 Å². The van der Waals surface area contributed by atoms with E-state index in [-0.39, 0.29) is 6.42 Å². The summed E-state index contributed by atoms with van der Waals surface area (Å²) in [6.07, 6.45) is -0.514. The highest BCUT2D eigenvalue weighted by Crippen LogP contribution is 2.14. The number of benzene rings is 1. The van der Waals surface area contributed by atoms with E-state index in [4.69, 9.17) is 9.47 Å². The first-order valence-electron chi connectivity index (χ1n) is 8.70. The average Bonchev–Trinajstić information content (AvgIpc) is 2.50. The predicted octanol–water partition coefficient (Wildman–Crippen LogP) is 3.25. The van der Waals surface area contributed by atoms with Crippen LogP contribution >= 0.6 is 0 Å². The molecule has 0 aliphatic rings. The first kappa shape index (κ1) is 22.5. The number of ether oxygens (including phenoxy) is 3. The number of methoxy groups -OCH3 is 1. The van der Waals surface area contributed by atoms with Gasteiger partial charge >= 0.3 is 18.0 Å². The molecule has 1 aromatic rings. The summed E-state index contributed by atoms with van der Waals surface area (Å²) in [6, 6.07) is 5.66. The summed E-state index contributed by atoms with van der Waals surface area (Å²) in [6.45, 7) is 10.5. The molecule has 0 aliphatic heterocycles. The largest absolute Gasteiger partial charge is 0.465 e. The molecule has 1 atom stereocenters. The number of nitrogens with one attached hydrogen (secondary N) is 1. The molecule has 1 N–H and O–H groups in total. The number of hydrogen-bond acceptors (Lipinski definition) is 6. The maximum absolute atomic E-state index is 12.5. The van der Waals surface area contributed by atoms with Gasteiger partial charge in [0.15, 0.2) is 0 Å². The molecule has 0 fully saturated rings. The summed E-state index contributed by atoms with van der Waals surface area (Å²) < 4.78 is 15.3. The molecule has 27 heavy (non-hydrogen) atoms. The van der Waals surface area contributed by atoms with Crippen LogP contribution in [-0.4, -0.2) is 42.4 Å². The minimum absolute atomic E-state index is 0.190. The lowest BCUT2D eigenvalue weighted by Gasteiger charge is -2.26. The Morgan fingerprint density at radius 2 is 1.44 bits per heavy atom. The van der Waals surface area contributed by atoms with Crippen LogP contribution in [0, 0.1) is 0 Å². The third-order valence-electron chi connectivity index (χ3n) is 3.20. The van der Waals surface area contributed by atoms with Crippen molar-refractivity contribution in [2.24, 2.45) is 0 Å². The molecule has 0 saturated heterocycles. The van der Waals surface area contributed by atoms with E-state index in [9.17, 15) is 14.4 Å². The van der Waals surface area contributed by atoms with E-state index in [1.165, 1.54) is 7.11 Å². The molecule has 0 radical (unpaired) electrons. The summed E-state index contributed by atoms with van der Waals surface area (Å²) in [5.41, 5.74) is -0.241. The average molecular weight is 379 g/mol. The number of alkyl carbamates (subject to hydrolysis) is 1. The summed E-state index contributed by atoms with van der Waals surface area (Å²) in [7, 11) is 1.31. The second-order valence-corrected chi connectivity index (χ2v) is 8.12. The van der Waals surface area contributed by atoms with Crippen LogP contribution in [0.25, 0.3) is 0 Å². The van der Waals surface area contributed by atoms with Crippen molar-refractivity contribution in [3.63, 3.8) is 0 Å². The highest BCUT2D eigenvalue weighted by Gasteiger charge is 2.29. The standard InChI is InChI=1S/C20H29NO6/c1-19(2,3)26-17(23)15(21-18(24)27-20(4,5)6)12-13-8-10-14(11-9-13)16(22)25-7/h8-11,15H,12H2,1-7H3,(H,21,24). The zero-order valence-electron chi connectivity index (χ0n) is 17.0. The summed E-state index contributed by atoms with van der Waals surface area (Å²) >= 11 is 0. The third kappa shape index (κ3) is 8.57. The summed E-state index contributed by atoms with van der Waals surface area (Å²) in [4.78, 5) is 36.1. The Morgan fingerprint density at radius 1 is 0.926 bits per heavy atom. The van der Waals surface area contributed by atoms with E-state index in [1.807, 2.05) is 0 Å². The molecule has 0 spiro atoms. The number of amides is 1. The molecule has 150 valence electrons. The van der Waals surface area contributed by atoms with Crippen molar-refractivity contribution in [3.05, 3.63) is 35.4 Å². The first-order valence-corrected chi connectivity index (χ1v) is 8.70. The van der Waals surface area contributed by atoms with E-state index < -0.39 is 35.3 Å². The second-order valence-electron chi connectivity index (χ2n) is 8.12. The molecule has 1 aromatic carbocycles. The van der Waals surface area contributed by atoms with Gasteiger partial charge in [-0.2, -0.15) is 0 Å². The Hall–Kier alpha value is -2.57. The topological polar surface area (TPSA) is 90.9 Å². The Kier molecular flexibility index (Phi) is 7.39. The van der Waals surface area contributed by atoms with Crippen molar-refractivity contribution in [1.82, 2.24) is 5.32 Å². The number of hydrogen-bond donors (Lipinski definition) is 1. The van der Waals surface area contributed by atoms with E-state index in [1.54, 1.807) is 65.8 Å². The van der Waals surface area contributed by atoms with Crippen LogP contribution in [0.1, 0.15) is 57.5 Å². The number of carbonyl (C=O) groups excluding carboxylic acids is 3. The van der Waals surface area contributed by atoms with Crippen molar-refractivity contribution < 1.29 is 28.6 Å².